The SMILES string of the molecule is CNC(=O)c1c2cc(C3CC3)c(-c3cccc(NC(=O)c4ccccc4C(=O)O)c3)cc2nn1-c1ccc(F)cc1. The number of carboxylic acid groups (broad SMARTS) is 1. The zero-order chi connectivity index (χ0) is 28.7. The Morgan fingerprint density at radius 1 is 0.902 bits per heavy atom. The molecule has 0 atom stereocenters. The van der Waals surface area contributed by atoms with Crippen molar-refractivity contribution in [1.29, 1.82) is 0 Å². The van der Waals surface area contributed by atoms with Crippen LogP contribution in [0, 0.1) is 5.82 Å². The van der Waals surface area contributed by atoms with E-state index in [1.165, 1.54) is 28.9 Å². The normalized spacial score (nSPS) is 12.7. The maximum atomic E-state index is 13.6. The summed E-state index contributed by atoms with van der Waals surface area (Å²) in [6, 6.07) is 23.1. The molecule has 8 nitrogen and oxygen atoms in total. The number of anilines is 1. The number of aromatic nitrogens is 2. The highest BCUT2D eigenvalue weighted by molar-refractivity contribution is 6.11. The average molecular weight is 549 g/mol. The van der Waals surface area contributed by atoms with Gasteiger partial charge in [-0.15, -0.1) is 0 Å². The number of carbonyl (C=O) groups excluding carboxylic acids is 2. The molecule has 5 aromatic rings. The summed E-state index contributed by atoms with van der Waals surface area (Å²) < 4.78 is 15.2. The minimum absolute atomic E-state index is 0.0681. The number of hydrogen-bond donors (Lipinski definition) is 3. The zero-order valence-electron chi connectivity index (χ0n) is 22.0. The van der Waals surface area contributed by atoms with Gasteiger partial charge in [0.15, 0.2) is 0 Å². The van der Waals surface area contributed by atoms with Crippen molar-refractivity contribution in [3.05, 3.63) is 113 Å². The predicted octanol–water partition coefficient (Wildman–Crippen LogP) is 6.02. The maximum Gasteiger partial charge on any atom is 0.336 e. The third-order valence-electron chi connectivity index (χ3n) is 7.21. The Balaban J connectivity index is 1.44. The summed E-state index contributed by atoms with van der Waals surface area (Å²) in [5.41, 5.74) is 4.85. The lowest BCUT2D eigenvalue weighted by atomic mass is 9.94. The van der Waals surface area contributed by atoms with Crippen LogP contribution in [-0.2, 0) is 0 Å². The molecule has 2 amide bonds. The van der Waals surface area contributed by atoms with E-state index in [1.807, 2.05) is 30.3 Å². The van der Waals surface area contributed by atoms with Gasteiger partial charge in [-0.25, -0.2) is 13.9 Å². The van der Waals surface area contributed by atoms with Crippen molar-refractivity contribution in [3.8, 4) is 16.8 Å². The summed E-state index contributed by atoms with van der Waals surface area (Å²) in [5.74, 6) is -2.07. The monoisotopic (exact) mass is 548 g/mol. The highest BCUT2D eigenvalue weighted by Gasteiger charge is 2.29. The van der Waals surface area contributed by atoms with Gasteiger partial charge >= 0.3 is 5.97 Å². The van der Waals surface area contributed by atoms with E-state index in [9.17, 15) is 23.9 Å². The molecule has 1 heterocycles. The van der Waals surface area contributed by atoms with Gasteiger partial charge in [0.2, 0.25) is 0 Å². The molecule has 0 saturated heterocycles. The highest BCUT2D eigenvalue weighted by atomic mass is 19.1. The second kappa shape index (κ2) is 10.3. The van der Waals surface area contributed by atoms with Crippen molar-refractivity contribution < 1.29 is 23.9 Å². The molecule has 0 unspecified atom stereocenters. The predicted molar refractivity (Wildman–Crippen MR) is 153 cm³/mol. The van der Waals surface area contributed by atoms with Gasteiger partial charge in [0.25, 0.3) is 11.8 Å². The third kappa shape index (κ3) is 4.93. The van der Waals surface area contributed by atoms with Gasteiger partial charge in [-0.3, -0.25) is 9.59 Å². The quantitative estimate of drug-likeness (QED) is 0.230. The number of carbonyl (C=O) groups is 3. The van der Waals surface area contributed by atoms with E-state index in [1.54, 1.807) is 37.4 Å². The van der Waals surface area contributed by atoms with Crippen molar-refractivity contribution >= 4 is 34.4 Å². The number of aromatic carboxylic acids is 1. The molecule has 4 aromatic carbocycles. The van der Waals surface area contributed by atoms with E-state index in [4.69, 9.17) is 5.10 Å². The van der Waals surface area contributed by atoms with Crippen LogP contribution < -0.4 is 10.6 Å². The molecule has 1 fully saturated rings. The molecule has 1 aliphatic rings. The first-order valence-corrected chi connectivity index (χ1v) is 13.1. The number of nitrogens with one attached hydrogen (secondary N) is 2. The largest absolute Gasteiger partial charge is 0.478 e. The van der Waals surface area contributed by atoms with Crippen molar-refractivity contribution in [2.45, 2.75) is 18.8 Å². The van der Waals surface area contributed by atoms with Gasteiger partial charge in [0.05, 0.1) is 22.3 Å². The van der Waals surface area contributed by atoms with Gasteiger partial charge in [-0.2, -0.15) is 5.10 Å². The second-order valence-corrected chi connectivity index (χ2v) is 9.93. The molecule has 0 radical (unpaired) electrons. The smallest absolute Gasteiger partial charge is 0.336 e. The van der Waals surface area contributed by atoms with E-state index < -0.39 is 11.9 Å². The van der Waals surface area contributed by atoms with Gasteiger partial charge < -0.3 is 15.7 Å². The Morgan fingerprint density at radius 2 is 1.63 bits per heavy atom. The van der Waals surface area contributed by atoms with E-state index in [0.717, 1.165) is 29.5 Å². The van der Waals surface area contributed by atoms with Gasteiger partial charge in [0.1, 0.15) is 11.5 Å². The number of halogens is 1. The number of fused-ring (bicyclic) bond motifs is 1. The Hall–Kier alpha value is -5.31. The Labute approximate surface area is 234 Å². The lowest BCUT2D eigenvalue weighted by molar-refractivity contribution is 0.0692. The molecule has 0 aliphatic heterocycles. The number of hydrogen-bond acceptors (Lipinski definition) is 4. The second-order valence-electron chi connectivity index (χ2n) is 9.93. The molecule has 41 heavy (non-hydrogen) atoms. The maximum absolute atomic E-state index is 13.6. The van der Waals surface area contributed by atoms with Crippen molar-refractivity contribution in [3.63, 3.8) is 0 Å². The van der Waals surface area contributed by atoms with Gasteiger partial charge in [0, 0.05) is 18.1 Å². The Kier molecular flexibility index (Phi) is 6.55. The summed E-state index contributed by atoms with van der Waals surface area (Å²) in [4.78, 5) is 37.6. The highest BCUT2D eigenvalue weighted by Crippen LogP contribution is 2.46. The van der Waals surface area contributed by atoms with Crippen molar-refractivity contribution in [2.24, 2.45) is 0 Å². The van der Waals surface area contributed by atoms with Crippen LogP contribution >= 0.6 is 0 Å². The van der Waals surface area contributed by atoms with Crippen molar-refractivity contribution in [1.82, 2.24) is 15.1 Å². The van der Waals surface area contributed by atoms with Gasteiger partial charge in [-0.05, 0) is 96.1 Å². The standard InChI is InChI=1S/C32H25FN4O4/c1-34-31(39)29-27-16-25(18-9-10-18)26(17-28(27)36-37(29)22-13-11-20(33)12-14-22)19-5-4-6-21(15-19)35-30(38)23-7-2-3-8-24(23)32(40)41/h2-8,11-18H,9-10H2,1H3,(H,34,39)(H,35,38)(H,40,41). The molecule has 1 saturated carbocycles. The van der Waals surface area contributed by atoms with Gasteiger partial charge in [-0.1, -0.05) is 24.3 Å². The molecule has 1 aromatic heterocycles. The lowest BCUT2D eigenvalue weighted by Crippen LogP contribution is -2.21. The summed E-state index contributed by atoms with van der Waals surface area (Å²) in [5, 5.41) is 20.4. The van der Waals surface area contributed by atoms with E-state index in [2.05, 4.69) is 10.6 Å². The number of rotatable bonds is 7. The van der Waals surface area contributed by atoms with E-state index in [0.29, 0.717) is 33.9 Å². The molecule has 3 N–H and O–H groups in total. The average Bonchev–Trinajstić information content (AvgIpc) is 3.77. The third-order valence-corrected chi connectivity index (χ3v) is 7.21. The molecule has 1 aliphatic carbocycles. The fraction of sp³-hybridized carbons (Fsp3) is 0.125. The molecule has 6 rings (SSSR count). The van der Waals surface area contributed by atoms with E-state index in [-0.39, 0.29) is 22.9 Å². The first-order valence-electron chi connectivity index (χ1n) is 13.1. The number of amides is 2. The molecule has 0 spiro atoms. The zero-order valence-corrected chi connectivity index (χ0v) is 22.0. The molecule has 9 heteroatoms. The van der Waals surface area contributed by atoms with Crippen LogP contribution in [0.25, 0.3) is 27.7 Å². The van der Waals surface area contributed by atoms with Crippen LogP contribution in [0.1, 0.15) is 55.5 Å². The fourth-order valence-electron chi connectivity index (χ4n) is 5.07. The van der Waals surface area contributed by atoms with Crippen LogP contribution in [0.5, 0.6) is 0 Å². The van der Waals surface area contributed by atoms with Crippen LogP contribution in [0.3, 0.4) is 0 Å². The Bertz CT molecular complexity index is 1840. The minimum atomic E-state index is -1.18. The molecular formula is C32H25FN4O4. The van der Waals surface area contributed by atoms with Crippen LogP contribution in [0.2, 0.25) is 0 Å². The Morgan fingerprint density at radius 3 is 2.32 bits per heavy atom. The first-order chi connectivity index (χ1) is 19.8. The molecule has 0 bridgehead atoms. The lowest BCUT2D eigenvalue weighted by Gasteiger charge is -2.13. The minimum Gasteiger partial charge on any atom is -0.478 e. The van der Waals surface area contributed by atoms with E-state index >= 15 is 0 Å². The topological polar surface area (TPSA) is 113 Å². The summed E-state index contributed by atoms with van der Waals surface area (Å²) in [6.07, 6.45) is 2.03. The molecule has 204 valence electrons. The number of benzene rings is 4. The van der Waals surface area contributed by atoms with Crippen LogP contribution in [0.15, 0.2) is 84.9 Å². The first kappa shape index (κ1) is 25.9. The van der Waals surface area contributed by atoms with Crippen LogP contribution in [0.4, 0.5) is 10.1 Å². The summed E-state index contributed by atoms with van der Waals surface area (Å²) >= 11 is 0. The van der Waals surface area contributed by atoms with Crippen molar-refractivity contribution in [2.75, 3.05) is 12.4 Å². The number of carboxylic acids is 1. The fourth-order valence-corrected chi connectivity index (χ4v) is 5.07. The summed E-state index contributed by atoms with van der Waals surface area (Å²) in [7, 11) is 1.56. The summed E-state index contributed by atoms with van der Waals surface area (Å²) in [6.45, 7) is 0. The number of nitrogens with zero attached hydrogens (tertiary/aromatic N) is 2. The molecular weight excluding hydrogens is 523 g/mol. The van der Waals surface area contributed by atoms with Crippen LogP contribution in [-0.4, -0.2) is 39.7 Å².